The van der Waals surface area contributed by atoms with Crippen molar-refractivity contribution in [3.63, 3.8) is 0 Å². The molecule has 2 fully saturated rings. The van der Waals surface area contributed by atoms with E-state index < -0.39 is 11.6 Å². The number of carbonyl (C=O) groups excluding carboxylic acids is 3. The molecule has 0 aliphatic carbocycles. The van der Waals surface area contributed by atoms with E-state index >= 15 is 0 Å². The SMILES string of the molecule is Cc1ccc2c(c1)[C@@H](NC(=O)CCN1C(=O)NC(C)(C)C1=O)CC1(CCOCC1)O2. The molecule has 3 aliphatic rings. The van der Waals surface area contributed by atoms with Crippen LogP contribution >= 0.6 is 0 Å². The molecule has 2 N–H and O–H groups in total. The summed E-state index contributed by atoms with van der Waals surface area (Å²) < 4.78 is 11.9. The van der Waals surface area contributed by atoms with Gasteiger partial charge in [0.2, 0.25) is 5.91 Å². The number of aryl methyl sites for hydroxylation is 1. The number of nitrogens with zero attached hydrogens (tertiary/aromatic N) is 1. The first-order chi connectivity index (χ1) is 14.2. The summed E-state index contributed by atoms with van der Waals surface area (Å²) in [6.07, 6.45) is 2.30. The molecule has 3 aliphatic heterocycles. The highest BCUT2D eigenvalue weighted by molar-refractivity contribution is 6.06. The standard InChI is InChI=1S/C22H29N3O5/c1-14-4-5-17-15(12-14)16(13-22(30-17)7-10-29-11-8-22)23-18(26)6-9-25-19(27)21(2,3)24-20(25)28/h4-5,12,16H,6-11,13H2,1-3H3,(H,23,26)(H,24,28)/t16-/m0/s1. The maximum Gasteiger partial charge on any atom is 0.325 e. The maximum absolute atomic E-state index is 12.8. The van der Waals surface area contributed by atoms with Gasteiger partial charge < -0.3 is 20.1 Å². The molecule has 8 nitrogen and oxygen atoms in total. The Kier molecular flexibility index (Phi) is 5.22. The molecule has 3 heterocycles. The van der Waals surface area contributed by atoms with E-state index in [-0.39, 0.29) is 36.4 Å². The Morgan fingerprint density at radius 3 is 2.67 bits per heavy atom. The van der Waals surface area contributed by atoms with Crippen LogP contribution in [-0.4, -0.2) is 53.6 Å². The predicted molar refractivity (Wildman–Crippen MR) is 109 cm³/mol. The van der Waals surface area contributed by atoms with Crippen molar-refractivity contribution in [2.75, 3.05) is 19.8 Å². The number of hydrogen-bond acceptors (Lipinski definition) is 5. The number of ether oxygens (including phenoxy) is 2. The summed E-state index contributed by atoms with van der Waals surface area (Å²) in [7, 11) is 0. The van der Waals surface area contributed by atoms with Crippen molar-refractivity contribution in [1.29, 1.82) is 0 Å². The van der Waals surface area contributed by atoms with Gasteiger partial charge in [0.1, 0.15) is 16.9 Å². The molecule has 0 radical (unpaired) electrons. The van der Waals surface area contributed by atoms with Gasteiger partial charge in [-0.25, -0.2) is 4.79 Å². The fraction of sp³-hybridized carbons (Fsp3) is 0.591. The molecule has 0 unspecified atom stereocenters. The van der Waals surface area contributed by atoms with Crippen LogP contribution in [0.25, 0.3) is 0 Å². The third kappa shape index (κ3) is 3.88. The van der Waals surface area contributed by atoms with Gasteiger partial charge in [-0.15, -0.1) is 0 Å². The van der Waals surface area contributed by atoms with Crippen molar-refractivity contribution in [2.45, 2.75) is 63.6 Å². The molecule has 2 saturated heterocycles. The Morgan fingerprint density at radius 2 is 2.00 bits per heavy atom. The molecule has 0 saturated carbocycles. The van der Waals surface area contributed by atoms with Crippen LogP contribution in [0, 0.1) is 6.92 Å². The number of nitrogens with one attached hydrogen (secondary N) is 2. The monoisotopic (exact) mass is 415 g/mol. The maximum atomic E-state index is 12.8. The van der Waals surface area contributed by atoms with Crippen LogP contribution in [0.4, 0.5) is 4.79 Å². The van der Waals surface area contributed by atoms with Crippen LogP contribution in [0.15, 0.2) is 18.2 Å². The average Bonchev–Trinajstić information content (AvgIpc) is 2.88. The highest BCUT2D eigenvalue weighted by atomic mass is 16.5. The van der Waals surface area contributed by atoms with E-state index in [0.29, 0.717) is 19.6 Å². The lowest BCUT2D eigenvalue weighted by atomic mass is 9.81. The molecule has 1 spiro atoms. The summed E-state index contributed by atoms with van der Waals surface area (Å²) >= 11 is 0. The fourth-order valence-electron chi connectivity index (χ4n) is 4.47. The molecule has 0 aromatic heterocycles. The van der Waals surface area contributed by atoms with E-state index in [1.54, 1.807) is 13.8 Å². The summed E-state index contributed by atoms with van der Waals surface area (Å²) in [4.78, 5) is 38.2. The van der Waals surface area contributed by atoms with Crippen molar-refractivity contribution in [3.05, 3.63) is 29.3 Å². The normalized spacial score (nSPS) is 24.2. The van der Waals surface area contributed by atoms with Crippen LogP contribution in [-0.2, 0) is 14.3 Å². The van der Waals surface area contributed by atoms with Crippen LogP contribution in [0.1, 0.15) is 56.7 Å². The van der Waals surface area contributed by atoms with Gasteiger partial charge in [-0.3, -0.25) is 14.5 Å². The zero-order valence-electron chi connectivity index (χ0n) is 17.7. The minimum absolute atomic E-state index is 0.0583. The zero-order chi connectivity index (χ0) is 21.5. The third-order valence-corrected chi connectivity index (χ3v) is 6.19. The number of carbonyl (C=O) groups is 3. The Morgan fingerprint density at radius 1 is 1.27 bits per heavy atom. The van der Waals surface area contributed by atoms with E-state index in [4.69, 9.17) is 9.47 Å². The lowest BCUT2D eigenvalue weighted by Gasteiger charge is -2.44. The van der Waals surface area contributed by atoms with Gasteiger partial charge in [0.05, 0.1) is 19.3 Å². The summed E-state index contributed by atoms with van der Waals surface area (Å²) in [6.45, 7) is 6.66. The van der Waals surface area contributed by atoms with E-state index in [9.17, 15) is 14.4 Å². The third-order valence-electron chi connectivity index (χ3n) is 6.19. The number of imide groups is 1. The van der Waals surface area contributed by atoms with Gasteiger partial charge in [0.15, 0.2) is 0 Å². The molecule has 0 bridgehead atoms. The van der Waals surface area contributed by atoms with Crippen molar-refractivity contribution >= 4 is 17.8 Å². The van der Waals surface area contributed by atoms with Gasteiger partial charge in [-0.1, -0.05) is 17.7 Å². The highest BCUT2D eigenvalue weighted by Crippen LogP contribution is 2.44. The predicted octanol–water partition coefficient (Wildman–Crippen LogP) is 2.20. The van der Waals surface area contributed by atoms with Gasteiger partial charge in [0.25, 0.3) is 5.91 Å². The molecule has 1 aromatic carbocycles. The minimum Gasteiger partial charge on any atom is -0.487 e. The van der Waals surface area contributed by atoms with Crippen LogP contribution < -0.4 is 15.4 Å². The van der Waals surface area contributed by atoms with Crippen LogP contribution in [0.2, 0.25) is 0 Å². The number of fused-ring (bicyclic) bond motifs is 1. The molecule has 1 atom stereocenters. The van der Waals surface area contributed by atoms with E-state index in [1.807, 2.05) is 25.1 Å². The molecule has 1 aromatic rings. The number of amides is 4. The summed E-state index contributed by atoms with van der Waals surface area (Å²) in [5.74, 6) is 0.297. The van der Waals surface area contributed by atoms with Crippen molar-refractivity contribution in [1.82, 2.24) is 15.5 Å². The molecular weight excluding hydrogens is 386 g/mol. The van der Waals surface area contributed by atoms with Crippen LogP contribution in [0.3, 0.4) is 0 Å². The van der Waals surface area contributed by atoms with Crippen molar-refractivity contribution in [3.8, 4) is 5.75 Å². The van der Waals surface area contributed by atoms with Crippen molar-refractivity contribution < 1.29 is 23.9 Å². The number of rotatable bonds is 4. The number of benzene rings is 1. The lowest BCUT2D eigenvalue weighted by molar-refractivity contribution is -0.130. The smallest absolute Gasteiger partial charge is 0.325 e. The lowest BCUT2D eigenvalue weighted by Crippen LogP contribution is -2.49. The zero-order valence-corrected chi connectivity index (χ0v) is 17.7. The Balaban J connectivity index is 1.46. The molecule has 4 amide bonds. The van der Waals surface area contributed by atoms with Crippen molar-refractivity contribution in [2.24, 2.45) is 0 Å². The molecule has 8 heteroatoms. The van der Waals surface area contributed by atoms with Gasteiger partial charge in [-0.2, -0.15) is 0 Å². The first kappa shape index (κ1) is 20.7. The quantitative estimate of drug-likeness (QED) is 0.735. The van der Waals surface area contributed by atoms with Gasteiger partial charge in [0, 0.05) is 37.8 Å². The van der Waals surface area contributed by atoms with E-state index in [0.717, 1.165) is 34.6 Å². The minimum atomic E-state index is -0.930. The van der Waals surface area contributed by atoms with Gasteiger partial charge in [-0.05, 0) is 26.8 Å². The second-order valence-electron chi connectivity index (χ2n) is 9.02. The number of urea groups is 1. The molecule has 162 valence electrons. The molecule has 30 heavy (non-hydrogen) atoms. The van der Waals surface area contributed by atoms with E-state index in [2.05, 4.69) is 10.6 Å². The number of hydrogen-bond donors (Lipinski definition) is 2. The second kappa shape index (κ2) is 7.58. The Bertz CT molecular complexity index is 876. The second-order valence-corrected chi connectivity index (χ2v) is 9.02. The van der Waals surface area contributed by atoms with E-state index in [1.165, 1.54) is 0 Å². The van der Waals surface area contributed by atoms with Gasteiger partial charge >= 0.3 is 6.03 Å². The van der Waals surface area contributed by atoms with Crippen LogP contribution in [0.5, 0.6) is 5.75 Å². The summed E-state index contributed by atoms with van der Waals surface area (Å²) in [5, 5.41) is 5.75. The molecular formula is C22H29N3O5. The highest BCUT2D eigenvalue weighted by Gasteiger charge is 2.45. The Hall–Kier alpha value is -2.61. The Labute approximate surface area is 176 Å². The summed E-state index contributed by atoms with van der Waals surface area (Å²) in [6, 6.07) is 5.39. The topological polar surface area (TPSA) is 97.0 Å². The average molecular weight is 415 g/mol. The first-order valence-electron chi connectivity index (χ1n) is 10.5. The summed E-state index contributed by atoms with van der Waals surface area (Å²) in [5.41, 5.74) is 0.797. The largest absolute Gasteiger partial charge is 0.487 e. The molecule has 4 rings (SSSR count). The first-order valence-corrected chi connectivity index (χ1v) is 10.5. The fourth-order valence-corrected chi connectivity index (χ4v) is 4.47.